The van der Waals surface area contributed by atoms with Crippen molar-refractivity contribution in [2.24, 2.45) is 0 Å². The predicted molar refractivity (Wildman–Crippen MR) is 55.9 cm³/mol. The molecule has 0 radical (unpaired) electrons. The minimum atomic E-state index is -0.319. The van der Waals surface area contributed by atoms with Crippen LogP contribution in [-0.2, 0) is 16.0 Å². The quantitative estimate of drug-likeness (QED) is 0.538. The average Bonchev–Trinajstić information content (AvgIpc) is 2.26. The molecule has 0 bridgehead atoms. The molecule has 0 spiro atoms. The van der Waals surface area contributed by atoms with Gasteiger partial charge in [0, 0.05) is 5.57 Å². The van der Waals surface area contributed by atoms with Crippen molar-refractivity contribution >= 4 is 5.97 Å². The number of methoxy groups -OCH3 is 1. The van der Waals surface area contributed by atoms with Crippen LogP contribution in [0.2, 0.25) is 0 Å². The molecule has 0 fully saturated rings. The molecule has 14 heavy (non-hydrogen) atoms. The Balaban J connectivity index is 2.42. The lowest BCUT2D eigenvalue weighted by Gasteiger charge is -2.03. The molecule has 0 unspecified atom stereocenters. The van der Waals surface area contributed by atoms with Crippen LogP contribution < -0.4 is 0 Å². The number of ether oxygens (including phenoxy) is 1. The summed E-state index contributed by atoms with van der Waals surface area (Å²) in [5, 5.41) is 0. The molecule has 2 heteroatoms. The molecule has 1 aromatic rings. The molecule has 1 aromatic carbocycles. The van der Waals surface area contributed by atoms with Crippen molar-refractivity contribution in [3.05, 3.63) is 48.0 Å². The van der Waals surface area contributed by atoms with Crippen LogP contribution in [0, 0.1) is 0 Å². The van der Waals surface area contributed by atoms with E-state index in [2.05, 4.69) is 11.3 Å². The molecule has 0 saturated heterocycles. The third kappa shape index (κ3) is 3.05. The van der Waals surface area contributed by atoms with Gasteiger partial charge in [0.15, 0.2) is 0 Å². The summed E-state index contributed by atoms with van der Waals surface area (Å²) >= 11 is 0. The van der Waals surface area contributed by atoms with Gasteiger partial charge in [-0.3, -0.25) is 0 Å². The van der Waals surface area contributed by atoms with E-state index in [1.54, 1.807) is 0 Å². The average molecular weight is 190 g/mol. The number of carbonyl (C=O) groups is 1. The molecule has 0 aliphatic rings. The normalized spacial score (nSPS) is 9.50. The molecular weight excluding hydrogens is 176 g/mol. The van der Waals surface area contributed by atoms with Gasteiger partial charge in [0.2, 0.25) is 0 Å². The van der Waals surface area contributed by atoms with Crippen LogP contribution >= 0.6 is 0 Å². The summed E-state index contributed by atoms with van der Waals surface area (Å²) in [4.78, 5) is 11.0. The van der Waals surface area contributed by atoms with Crippen LogP contribution in [0.15, 0.2) is 42.5 Å². The fraction of sp³-hybridized carbons (Fsp3) is 0.250. The number of carbonyl (C=O) groups excluding carboxylic acids is 1. The highest BCUT2D eigenvalue weighted by Gasteiger charge is 2.05. The zero-order chi connectivity index (χ0) is 10.4. The minimum Gasteiger partial charge on any atom is -0.466 e. The monoisotopic (exact) mass is 190 g/mol. The fourth-order valence-corrected chi connectivity index (χ4v) is 1.19. The first-order valence-electron chi connectivity index (χ1n) is 4.54. The van der Waals surface area contributed by atoms with Crippen molar-refractivity contribution in [3.8, 4) is 0 Å². The topological polar surface area (TPSA) is 26.3 Å². The van der Waals surface area contributed by atoms with Gasteiger partial charge in [-0.2, -0.15) is 0 Å². The molecule has 0 heterocycles. The number of hydrogen-bond donors (Lipinski definition) is 0. The highest BCUT2D eigenvalue weighted by atomic mass is 16.5. The number of rotatable bonds is 4. The second kappa shape index (κ2) is 5.22. The maximum Gasteiger partial charge on any atom is 0.333 e. The van der Waals surface area contributed by atoms with Gasteiger partial charge >= 0.3 is 5.97 Å². The summed E-state index contributed by atoms with van der Waals surface area (Å²) in [6, 6.07) is 10.0. The summed E-state index contributed by atoms with van der Waals surface area (Å²) in [5.74, 6) is -0.319. The van der Waals surface area contributed by atoms with Crippen molar-refractivity contribution in [1.29, 1.82) is 0 Å². The smallest absolute Gasteiger partial charge is 0.333 e. The lowest BCUT2D eigenvalue weighted by Crippen LogP contribution is -2.04. The van der Waals surface area contributed by atoms with E-state index in [4.69, 9.17) is 0 Å². The van der Waals surface area contributed by atoms with Crippen molar-refractivity contribution in [3.63, 3.8) is 0 Å². The summed E-state index contributed by atoms with van der Waals surface area (Å²) in [5.41, 5.74) is 1.73. The molecule has 0 aromatic heterocycles. The first-order chi connectivity index (χ1) is 6.74. The second-order valence-corrected chi connectivity index (χ2v) is 3.08. The van der Waals surface area contributed by atoms with Crippen LogP contribution in [-0.4, -0.2) is 13.1 Å². The Labute approximate surface area is 84.2 Å². The highest BCUT2D eigenvalue weighted by Crippen LogP contribution is 2.08. The molecular formula is C12H14O2. The minimum absolute atomic E-state index is 0.319. The SMILES string of the molecule is C=C(CCc1ccccc1)C(=O)OC. The van der Waals surface area contributed by atoms with Crippen LogP contribution in [0.4, 0.5) is 0 Å². The Kier molecular flexibility index (Phi) is 3.92. The Bertz CT molecular complexity index is 314. The van der Waals surface area contributed by atoms with Crippen LogP contribution in [0.1, 0.15) is 12.0 Å². The zero-order valence-electron chi connectivity index (χ0n) is 8.32. The van der Waals surface area contributed by atoms with Gasteiger partial charge in [0.1, 0.15) is 0 Å². The van der Waals surface area contributed by atoms with Gasteiger partial charge in [-0.15, -0.1) is 0 Å². The first kappa shape index (κ1) is 10.5. The third-order valence-corrected chi connectivity index (χ3v) is 2.03. The lowest BCUT2D eigenvalue weighted by molar-refractivity contribution is -0.136. The number of aryl methyl sites for hydroxylation is 1. The molecule has 2 nitrogen and oxygen atoms in total. The lowest BCUT2D eigenvalue weighted by atomic mass is 10.1. The first-order valence-corrected chi connectivity index (χ1v) is 4.54. The van der Waals surface area contributed by atoms with Crippen molar-refractivity contribution < 1.29 is 9.53 Å². The highest BCUT2D eigenvalue weighted by molar-refractivity contribution is 5.87. The number of esters is 1. The van der Waals surface area contributed by atoms with E-state index in [-0.39, 0.29) is 5.97 Å². The van der Waals surface area contributed by atoms with Crippen molar-refractivity contribution in [2.75, 3.05) is 7.11 Å². The van der Waals surface area contributed by atoms with E-state index in [9.17, 15) is 4.79 Å². The Morgan fingerprint density at radius 2 is 2.00 bits per heavy atom. The van der Waals surface area contributed by atoms with E-state index in [1.807, 2.05) is 30.3 Å². The van der Waals surface area contributed by atoms with E-state index >= 15 is 0 Å². The Morgan fingerprint density at radius 3 is 2.57 bits per heavy atom. The summed E-state index contributed by atoms with van der Waals surface area (Å²) in [6.07, 6.45) is 1.48. The molecule has 1 rings (SSSR count). The molecule has 74 valence electrons. The summed E-state index contributed by atoms with van der Waals surface area (Å²) in [6.45, 7) is 3.67. The van der Waals surface area contributed by atoms with E-state index in [0.717, 1.165) is 6.42 Å². The van der Waals surface area contributed by atoms with Gasteiger partial charge in [0.25, 0.3) is 0 Å². The van der Waals surface area contributed by atoms with Gasteiger partial charge in [0.05, 0.1) is 7.11 Å². The van der Waals surface area contributed by atoms with Gasteiger partial charge < -0.3 is 4.74 Å². The summed E-state index contributed by atoms with van der Waals surface area (Å²) in [7, 11) is 1.37. The Hall–Kier alpha value is -1.57. The Morgan fingerprint density at radius 1 is 1.36 bits per heavy atom. The van der Waals surface area contributed by atoms with Crippen LogP contribution in [0.5, 0.6) is 0 Å². The van der Waals surface area contributed by atoms with Crippen molar-refractivity contribution in [1.82, 2.24) is 0 Å². The summed E-state index contributed by atoms with van der Waals surface area (Å²) < 4.78 is 4.56. The van der Waals surface area contributed by atoms with Crippen molar-refractivity contribution in [2.45, 2.75) is 12.8 Å². The van der Waals surface area contributed by atoms with Gasteiger partial charge in [-0.05, 0) is 18.4 Å². The predicted octanol–water partition coefficient (Wildman–Crippen LogP) is 2.35. The van der Waals surface area contributed by atoms with Crippen LogP contribution in [0.25, 0.3) is 0 Å². The second-order valence-electron chi connectivity index (χ2n) is 3.08. The number of benzene rings is 1. The standard InChI is InChI=1S/C12H14O2/c1-10(12(13)14-2)8-9-11-6-4-3-5-7-11/h3-7H,1,8-9H2,2H3. The van der Waals surface area contributed by atoms with Gasteiger partial charge in [-0.25, -0.2) is 4.79 Å². The zero-order valence-corrected chi connectivity index (χ0v) is 8.32. The fourth-order valence-electron chi connectivity index (χ4n) is 1.19. The largest absolute Gasteiger partial charge is 0.466 e. The van der Waals surface area contributed by atoms with E-state index in [0.29, 0.717) is 12.0 Å². The molecule has 0 N–H and O–H groups in total. The maximum absolute atomic E-state index is 11.0. The number of hydrogen-bond acceptors (Lipinski definition) is 2. The molecule has 0 atom stereocenters. The van der Waals surface area contributed by atoms with E-state index in [1.165, 1.54) is 12.7 Å². The molecule has 0 amide bonds. The third-order valence-electron chi connectivity index (χ3n) is 2.03. The maximum atomic E-state index is 11.0. The molecule has 0 aliphatic carbocycles. The van der Waals surface area contributed by atoms with Gasteiger partial charge in [-0.1, -0.05) is 36.9 Å². The molecule has 0 aliphatic heterocycles. The van der Waals surface area contributed by atoms with E-state index < -0.39 is 0 Å². The van der Waals surface area contributed by atoms with Crippen LogP contribution in [0.3, 0.4) is 0 Å². The molecule has 0 saturated carbocycles.